The van der Waals surface area contributed by atoms with Gasteiger partial charge in [0.2, 0.25) is 65.0 Å². The van der Waals surface area contributed by atoms with Crippen LogP contribution in [0.15, 0.2) is 133 Å². The Kier molecular flexibility index (Phi) is 35.2. The number of hydrogen-bond acceptors (Lipinski definition) is 13. The Balaban J connectivity index is 1.75. The van der Waals surface area contributed by atoms with E-state index in [0.717, 1.165) is 25.7 Å². The number of esters is 1. The van der Waals surface area contributed by atoms with Gasteiger partial charge < -0.3 is 60.3 Å². The van der Waals surface area contributed by atoms with Gasteiger partial charge in [-0.25, -0.2) is 0 Å². The van der Waals surface area contributed by atoms with Crippen LogP contribution in [0.4, 0.5) is 0 Å². The summed E-state index contributed by atoms with van der Waals surface area (Å²) in [5.74, 6) is -9.34. The standard InChI is InChI=1S/C86H126N11O13P/c1-24-67-82(105)91(17)52-72(99)92(18)68(48-53(2)3)79(102)90-73(59(13)63-39-29-25-30-40-63)85(108)93(19)69(49-54(4)5)78(101)87-60(14)77(100)88-61(15)81(104)94(20)70(50-55(6)7)83(106)95(21)71(51-56(8)9)84(107)96(22)74(57(10)11)86(109)97(23)75(80(103)89-67)76(110-62(16)98)58(12)38-37-47-111(64-41-31-26-32-42-64,65-43-33-27-34-44-65)66-45-35-28-36-46-66/h25-37,39-47,53-61,67-71,73-76H,24,38,48-52H2,1-23H3,(H3-,87,88,89,90,100,101,102,103)/p+1/b47-37-/t58-,59?,60+,61-,67+,68+,69+,70+,71+,73+,74+,75+,76-/m1/s1. The summed E-state index contributed by atoms with van der Waals surface area (Å²) in [7, 11) is 7.38. The maximum Gasteiger partial charge on any atom is 0.303 e. The molecule has 0 spiro atoms. The summed E-state index contributed by atoms with van der Waals surface area (Å²) in [6.45, 7) is 27.1. The van der Waals surface area contributed by atoms with Gasteiger partial charge >= 0.3 is 5.97 Å². The molecule has 4 aromatic carbocycles. The van der Waals surface area contributed by atoms with Gasteiger partial charge in [0, 0.05) is 62.2 Å². The molecule has 0 saturated carbocycles. The maximum absolute atomic E-state index is 16.1. The fourth-order valence-electron chi connectivity index (χ4n) is 14.6. The van der Waals surface area contributed by atoms with E-state index in [4.69, 9.17) is 4.74 Å². The second-order valence-electron chi connectivity index (χ2n) is 32.2. The van der Waals surface area contributed by atoms with Gasteiger partial charge in [0.25, 0.3) is 0 Å². The smallest absolute Gasteiger partial charge is 0.303 e. The third-order valence-corrected chi connectivity index (χ3v) is 25.1. The number of likely N-dealkylation sites (N-methyl/N-ethyl adjacent to an activating group) is 7. The minimum atomic E-state index is -2.60. The Hall–Kier alpha value is -9.31. The first-order valence-corrected chi connectivity index (χ1v) is 41.0. The van der Waals surface area contributed by atoms with Gasteiger partial charge in [0.1, 0.15) is 89.7 Å². The summed E-state index contributed by atoms with van der Waals surface area (Å²) in [5.41, 5.74) is 0.669. The Morgan fingerprint density at radius 1 is 0.450 bits per heavy atom. The van der Waals surface area contributed by atoms with Gasteiger partial charge in [0.05, 0.1) is 12.4 Å². The highest BCUT2D eigenvalue weighted by molar-refractivity contribution is 7.98. The van der Waals surface area contributed by atoms with E-state index >= 15 is 33.6 Å². The molecule has 608 valence electrons. The number of nitrogens with zero attached hydrogens (tertiary/aromatic N) is 7. The van der Waals surface area contributed by atoms with E-state index in [9.17, 15) is 24.0 Å². The highest BCUT2D eigenvalue weighted by Gasteiger charge is 2.49. The van der Waals surface area contributed by atoms with Gasteiger partial charge in [-0.2, -0.15) is 0 Å². The predicted molar refractivity (Wildman–Crippen MR) is 437 cm³/mol. The second kappa shape index (κ2) is 42.4. The molecule has 0 bridgehead atoms. The van der Waals surface area contributed by atoms with E-state index in [2.05, 4.69) is 63.5 Å². The molecule has 13 atom stereocenters. The van der Waals surface area contributed by atoms with Crippen molar-refractivity contribution in [2.24, 2.45) is 35.5 Å². The summed E-state index contributed by atoms with van der Waals surface area (Å²) in [6, 6.07) is 26.2. The average molecular weight is 1550 g/mol. The molecule has 1 aliphatic heterocycles. The van der Waals surface area contributed by atoms with E-state index in [1.807, 2.05) is 116 Å². The number of allylic oxidation sites excluding steroid dienone is 1. The van der Waals surface area contributed by atoms with E-state index in [1.165, 1.54) is 94.6 Å². The molecular weight excluding hydrogens is 1430 g/mol. The largest absolute Gasteiger partial charge is 0.459 e. The molecule has 24 nitrogen and oxygen atoms in total. The van der Waals surface area contributed by atoms with Crippen molar-refractivity contribution < 1.29 is 62.3 Å². The van der Waals surface area contributed by atoms with Crippen LogP contribution in [-0.2, 0) is 62.3 Å². The minimum absolute atomic E-state index is 0.0456. The van der Waals surface area contributed by atoms with Crippen LogP contribution in [0.3, 0.4) is 0 Å². The number of amides is 11. The van der Waals surface area contributed by atoms with Crippen molar-refractivity contribution in [1.82, 2.24) is 55.6 Å². The van der Waals surface area contributed by atoms with Crippen molar-refractivity contribution in [3.63, 3.8) is 0 Å². The first kappa shape index (κ1) is 92.3. The van der Waals surface area contributed by atoms with E-state index < -0.39 is 169 Å². The Labute approximate surface area is 660 Å². The van der Waals surface area contributed by atoms with Gasteiger partial charge in [-0.15, -0.1) is 0 Å². The Morgan fingerprint density at radius 3 is 1.29 bits per heavy atom. The van der Waals surface area contributed by atoms with Crippen LogP contribution >= 0.6 is 7.26 Å². The molecule has 4 aromatic rings. The first-order chi connectivity index (χ1) is 52.1. The van der Waals surface area contributed by atoms with Crippen LogP contribution in [0.2, 0.25) is 0 Å². The zero-order valence-corrected chi connectivity index (χ0v) is 70.8. The fourth-order valence-corrected chi connectivity index (χ4v) is 18.4. The number of carbonyl (C=O) groups is 12. The molecule has 11 amide bonds. The number of nitrogens with one attached hydrogen (secondary N) is 4. The molecule has 0 radical (unpaired) electrons. The normalized spacial score (nSPS) is 23.6. The van der Waals surface area contributed by atoms with Crippen molar-refractivity contribution in [3.8, 4) is 0 Å². The average Bonchev–Trinajstić information content (AvgIpc) is 0.753. The molecule has 1 aliphatic rings. The lowest BCUT2D eigenvalue weighted by molar-refractivity contribution is -0.164. The van der Waals surface area contributed by atoms with Crippen LogP contribution in [-0.4, -0.2) is 228 Å². The predicted octanol–water partition coefficient (Wildman–Crippen LogP) is 7.92. The molecule has 0 aromatic heterocycles. The summed E-state index contributed by atoms with van der Waals surface area (Å²) >= 11 is 0. The summed E-state index contributed by atoms with van der Waals surface area (Å²) in [6.07, 6.45) is 1.14. The van der Waals surface area contributed by atoms with Crippen molar-refractivity contribution >= 4 is 94.1 Å². The quantitative estimate of drug-likeness (QED) is 0.0456. The SMILES string of the molecule is CC[C@@H]1NC(=O)[C@H]([C@H](OC(C)=O)[C@H](C)C/C=C\[P+](c2ccccc2)(c2ccccc2)c2ccccc2)N(C)C(=O)[C@H](C(C)C)N(C)C(=O)[C@H](CC(C)C)N(C)C(=O)[C@H](CC(C)C)N(C)C(=O)[C@@H](C)NC(=O)[C@H](C)NC(=O)[C@H](CC(C)C)N(C)C(=O)[C@H](C(C)c2ccccc2)NC(=O)[C@H](CC(C)C)N(C)C(=O)CN(C)C1=O. The van der Waals surface area contributed by atoms with Crippen molar-refractivity contribution in [2.75, 3.05) is 55.9 Å². The summed E-state index contributed by atoms with van der Waals surface area (Å²) in [5, 5.41) is 14.5. The molecule has 0 aliphatic carbocycles. The monoisotopic (exact) mass is 1550 g/mol. The molecule has 1 unspecified atom stereocenters. The number of carbonyl (C=O) groups excluding carboxylic acids is 12. The third kappa shape index (κ3) is 24.1. The number of hydrogen-bond donors (Lipinski definition) is 4. The number of benzene rings is 4. The molecule has 1 fully saturated rings. The Bertz CT molecular complexity index is 3730. The first-order valence-electron chi connectivity index (χ1n) is 39.2. The molecule has 1 saturated heterocycles. The highest BCUT2D eigenvalue weighted by Crippen LogP contribution is 2.57. The van der Waals surface area contributed by atoms with E-state index in [-0.39, 0.29) is 62.2 Å². The third-order valence-electron chi connectivity index (χ3n) is 21.1. The van der Waals surface area contributed by atoms with Crippen molar-refractivity contribution in [2.45, 2.75) is 222 Å². The topological polar surface area (TPSA) is 285 Å². The van der Waals surface area contributed by atoms with Gasteiger partial charge in [0.15, 0.2) is 0 Å². The van der Waals surface area contributed by atoms with E-state index in [0.29, 0.717) is 5.56 Å². The zero-order valence-electron chi connectivity index (χ0n) is 69.9. The lowest BCUT2D eigenvalue weighted by atomic mass is 9.90. The van der Waals surface area contributed by atoms with Crippen LogP contribution in [0.5, 0.6) is 0 Å². The van der Waals surface area contributed by atoms with Crippen molar-refractivity contribution in [3.05, 3.63) is 139 Å². The van der Waals surface area contributed by atoms with Gasteiger partial charge in [-0.05, 0) is 136 Å². The molecule has 111 heavy (non-hydrogen) atoms. The molecule has 1 heterocycles. The fraction of sp³-hybridized carbons (Fsp3) is 0.558. The zero-order chi connectivity index (χ0) is 83.2. The summed E-state index contributed by atoms with van der Waals surface area (Å²) in [4.78, 5) is 189. The number of rotatable bonds is 21. The molecular formula is C86H127N11O13P+. The van der Waals surface area contributed by atoms with E-state index in [1.54, 1.807) is 65.0 Å². The van der Waals surface area contributed by atoms with Crippen LogP contribution < -0.4 is 37.2 Å². The lowest BCUT2D eigenvalue weighted by Gasteiger charge is -2.42. The number of ether oxygens (including phenoxy) is 1. The summed E-state index contributed by atoms with van der Waals surface area (Å²) < 4.78 is 6.30. The minimum Gasteiger partial charge on any atom is -0.459 e. The van der Waals surface area contributed by atoms with Crippen LogP contribution in [0, 0.1) is 35.5 Å². The molecule has 4 N–H and O–H groups in total. The Morgan fingerprint density at radius 2 is 0.847 bits per heavy atom. The van der Waals surface area contributed by atoms with Gasteiger partial charge in [-0.3, -0.25) is 57.5 Å². The molecule has 5 rings (SSSR count). The van der Waals surface area contributed by atoms with Gasteiger partial charge in [-0.1, -0.05) is 175 Å². The van der Waals surface area contributed by atoms with Crippen LogP contribution in [0.25, 0.3) is 0 Å². The highest BCUT2D eigenvalue weighted by atomic mass is 31.2. The molecule has 25 heteroatoms. The van der Waals surface area contributed by atoms with Crippen LogP contribution in [0.1, 0.15) is 161 Å². The van der Waals surface area contributed by atoms with Crippen molar-refractivity contribution in [1.29, 1.82) is 0 Å². The second-order valence-corrected chi connectivity index (χ2v) is 35.5. The lowest BCUT2D eigenvalue weighted by Crippen LogP contribution is -2.64. The maximum atomic E-state index is 16.1.